The van der Waals surface area contributed by atoms with Gasteiger partial charge < -0.3 is 0 Å². The third-order valence-electron chi connectivity index (χ3n) is 8.44. The van der Waals surface area contributed by atoms with Crippen molar-refractivity contribution in [1.82, 2.24) is 24.1 Å². The van der Waals surface area contributed by atoms with Gasteiger partial charge in [0.1, 0.15) is 22.9 Å². The number of fused-ring (bicyclic) bond motifs is 6. The Labute approximate surface area is 253 Å². The quantitative estimate of drug-likeness (QED) is 0.214. The number of hydrogen-bond acceptors (Lipinski definition) is 3. The van der Waals surface area contributed by atoms with Gasteiger partial charge in [0.2, 0.25) is 0 Å². The van der Waals surface area contributed by atoms with Crippen molar-refractivity contribution in [3.63, 3.8) is 0 Å². The molecule has 5 heterocycles. The van der Waals surface area contributed by atoms with Crippen molar-refractivity contribution in [2.75, 3.05) is 0 Å². The van der Waals surface area contributed by atoms with E-state index in [4.69, 9.17) is 15.0 Å². The van der Waals surface area contributed by atoms with Crippen LogP contribution in [0.15, 0.2) is 152 Å². The summed E-state index contributed by atoms with van der Waals surface area (Å²) in [6, 6.07) is 48.3. The zero-order valence-electron chi connectivity index (χ0n) is 23.7. The minimum atomic E-state index is 0.829. The second-order valence-corrected chi connectivity index (χ2v) is 11.0. The predicted octanol–water partition coefficient (Wildman–Crippen LogP) is 9.40. The van der Waals surface area contributed by atoms with Gasteiger partial charge in [-0.15, -0.1) is 0 Å². The summed E-state index contributed by atoms with van der Waals surface area (Å²) in [4.78, 5) is 15.3. The Morgan fingerprint density at radius 1 is 0.364 bits per heavy atom. The van der Waals surface area contributed by atoms with Crippen molar-refractivity contribution in [2.24, 2.45) is 0 Å². The normalized spacial score (nSPS) is 11.6. The highest BCUT2D eigenvalue weighted by Gasteiger charge is 2.20. The summed E-state index contributed by atoms with van der Waals surface area (Å²) >= 11 is 0. The fraction of sp³-hybridized carbons (Fsp3) is 0. The van der Waals surface area contributed by atoms with Crippen LogP contribution in [0.5, 0.6) is 0 Å². The van der Waals surface area contributed by atoms with Gasteiger partial charge in [0.25, 0.3) is 0 Å². The third-order valence-corrected chi connectivity index (χ3v) is 8.44. The smallest absolute Gasteiger partial charge is 0.149 e. The van der Waals surface area contributed by atoms with Crippen molar-refractivity contribution in [1.29, 1.82) is 0 Å². The lowest BCUT2D eigenvalue weighted by Crippen LogP contribution is -2.01. The molecule has 0 saturated heterocycles. The first-order chi connectivity index (χ1) is 21.8. The monoisotopic (exact) mass is 563 g/mol. The number of nitrogens with zero attached hydrogens (tertiary/aromatic N) is 5. The summed E-state index contributed by atoms with van der Waals surface area (Å²) in [5.74, 6) is 1.66. The highest BCUT2D eigenvalue weighted by molar-refractivity contribution is 6.16. The Kier molecular flexibility index (Phi) is 5.43. The molecule has 5 heteroatoms. The molecule has 0 fully saturated rings. The van der Waals surface area contributed by atoms with E-state index in [-0.39, 0.29) is 0 Å². The second-order valence-electron chi connectivity index (χ2n) is 11.0. The molecule has 0 aliphatic heterocycles. The molecule has 0 aliphatic carbocycles. The van der Waals surface area contributed by atoms with E-state index in [9.17, 15) is 0 Å². The fourth-order valence-corrected chi connectivity index (χ4v) is 6.36. The standard InChI is InChI=1S/C39H25N5/c1-3-11-26(12-4-1)28-19-21-36(40-24-28)43-34-17-9-7-15-30(34)32-23-33-31-16-8-10-18-35(31)44(39(33)42-38(32)43)37-22-20-29(25-41-37)27-13-5-2-6-14-27/h1-25H. The summed E-state index contributed by atoms with van der Waals surface area (Å²) < 4.78 is 4.35. The van der Waals surface area contributed by atoms with Crippen molar-refractivity contribution in [3.05, 3.63) is 152 Å². The molecule has 0 amide bonds. The first-order valence-corrected chi connectivity index (χ1v) is 14.7. The molecular formula is C39H25N5. The summed E-state index contributed by atoms with van der Waals surface area (Å²) in [5.41, 5.74) is 8.32. The Morgan fingerprint density at radius 2 is 0.795 bits per heavy atom. The van der Waals surface area contributed by atoms with Gasteiger partial charge in [-0.1, -0.05) is 97.1 Å². The molecule has 0 aliphatic rings. The van der Waals surface area contributed by atoms with Gasteiger partial charge in [0.05, 0.1) is 11.0 Å². The maximum Gasteiger partial charge on any atom is 0.149 e. The van der Waals surface area contributed by atoms with Crippen molar-refractivity contribution >= 4 is 43.9 Å². The Bertz CT molecular complexity index is 2280. The van der Waals surface area contributed by atoms with Gasteiger partial charge in [-0.25, -0.2) is 15.0 Å². The van der Waals surface area contributed by atoms with E-state index in [0.717, 1.165) is 77.8 Å². The van der Waals surface area contributed by atoms with E-state index in [0.29, 0.717) is 0 Å². The number of aromatic nitrogens is 5. The first kappa shape index (κ1) is 24.5. The maximum atomic E-state index is 5.41. The molecule has 206 valence electrons. The lowest BCUT2D eigenvalue weighted by atomic mass is 10.1. The summed E-state index contributed by atoms with van der Waals surface area (Å²) in [7, 11) is 0. The van der Waals surface area contributed by atoms with Crippen LogP contribution in [0.4, 0.5) is 0 Å². The van der Waals surface area contributed by atoms with Gasteiger partial charge >= 0.3 is 0 Å². The number of rotatable bonds is 4. The van der Waals surface area contributed by atoms with Gasteiger partial charge in [-0.3, -0.25) is 9.13 Å². The lowest BCUT2D eigenvalue weighted by molar-refractivity contribution is 1.04. The SMILES string of the molecule is c1ccc(-c2ccc(-n3c4ccccc4c4cc5c6ccccc6n(-c6ccc(-c7ccccc7)cn6)c5nc43)nc2)cc1. The molecule has 9 rings (SSSR count). The summed E-state index contributed by atoms with van der Waals surface area (Å²) in [6.07, 6.45) is 3.89. The van der Waals surface area contributed by atoms with Crippen LogP contribution in [0.1, 0.15) is 0 Å². The lowest BCUT2D eigenvalue weighted by Gasteiger charge is -2.09. The molecule has 9 aromatic rings. The molecule has 0 radical (unpaired) electrons. The minimum absolute atomic E-state index is 0.829. The van der Waals surface area contributed by atoms with Gasteiger partial charge in [0, 0.05) is 45.1 Å². The Balaban J connectivity index is 1.29. The Hall–Kier alpha value is -6.07. The van der Waals surface area contributed by atoms with E-state index < -0.39 is 0 Å². The molecule has 0 spiro atoms. The largest absolute Gasteiger partial charge is 0.278 e. The van der Waals surface area contributed by atoms with Gasteiger partial charge in [0.15, 0.2) is 0 Å². The zero-order chi connectivity index (χ0) is 29.0. The van der Waals surface area contributed by atoms with E-state index in [1.807, 2.05) is 24.5 Å². The molecule has 5 nitrogen and oxygen atoms in total. The van der Waals surface area contributed by atoms with Crippen molar-refractivity contribution in [3.8, 4) is 33.9 Å². The number of hydrogen-bond donors (Lipinski definition) is 0. The average molecular weight is 564 g/mol. The number of pyridine rings is 3. The first-order valence-electron chi connectivity index (χ1n) is 14.7. The summed E-state index contributed by atoms with van der Waals surface area (Å²) in [5, 5.41) is 4.48. The highest BCUT2D eigenvalue weighted by Crippen LogP contribution is 2.37. The number of para-hydroxylation sites is 2. The zero-order valence-corrected chi connectivity index (χ0v) is 23.7. The molecular weight excluding hydrogens is 538 g/mol. The molecule has 0 unspecified atom stereocenters. The van der Waals surface area contributed by atoms with E-state index >= 15 is 0 Å². The van der Waals surface area contributed by atoms with Crippen LogP contribution in [0.3, 0.4) is 0 Å². The van der Waals surface area contributed by atoms with Crippen LogP contribution in [0.2, 0.25) is 0 Å². The van der Waals surface area contributed by atoms with E-state index in [1.165, 1.54) is 0 Å². The summed E-state index contributed by atoms with van der Waals surface area (Å²) in [6.45, 7) is 0. The van der Waals surface area contributed by atoms with Gasteiger partial charge in [-0.05, 0) is 53.6 Å². The van der Waals surface area contributed by atoms with Crippen LogP contribution in [0, 0.1) is 0 Å². The van der Waals surface area contributed by atoms with Crippen LogP contribution in [-0.2, 0) is 0 Å². The van der Waals surface area contributed by atoms with Gasteiger partial charge in [-0.2, -0.15) is 0 Å². The second kappa shape index (κ2) is 9.75. The highest BCUT2D eigenvalue weighted by atomic mass is 15.2. The third kappa shape index (κ3) is 3.76. The average Bonchev–Trinajstić information content (AvgIpc) is 3.60. The van der Waals surface area contributed by atoms with Crippen LogP contribution in [0.25, 0.3) is 77.8 Å². The maximum absolute atomic E-state index is 5.41. The molecule has 5 aromatic heterocycles. The van der Waals surface area contributed by atoms with E-state index in [2.05, 4.69) is 137 Å². The minimum Gasteiger partial charge on any atom is -0.278 e. The van der Waals surface area contributed by atoms with Crippen LogP contribution >= 0.6 is 0 Å². The number of benzene rings is 4. The van der Waals surface area contributed by atoms with Crippen molar-refractivity contribution < 1.29 is 0 Å². The fourth-order valence-electron chi connectivity index (χ4n) is 6.36. The molecule has 0 bridgehead atoms. The van der Waals surface area contributed by atoms with Crippen LogP contribution in [-0.4, -0.2) is 24.1 Å². The predicted molar refractivity (Wildman–Crippen MR) is 179 cm³/mol. The molecule has 0 N–H and O–H groups in total. The molecule has 0 atom stereocenters. The van der Waals surface area contributed by atoms with E-state index in [1.54, 1.807) is 0 Å². The van der Waals surface area contributed by atoms with Crippen molar-refractivity contribution in [2.45, 2.75) is 0 Å². The van der Waals surface area contributed by atoms with Crippen LogP contribution < -0.4 is 0 Å². The molecule has 44 heavy (non-hydrogen) atoms. The topological polar surface area (TPSA) is 48.5 Å². The molecule has 4 aromatic carbocycles. The Morgan fingerprint density at radius 3 is 1.23 bits per heavy atom. The molecule has 0 saturated carbocycles.